The van der Waals surface area contributed by atoms with Gasteiger partial charge in [0.2, 0.25) is 12.7 Å². The molecule has 1 N–H and O–H groups in total. The van der Waals surface area contributed by atoms with Crippen LogP contribution in [-0.2, 0) is 11.3 Å². The lowest BCUT2D eigenvalue weighted by molar-refractivity contribution is -0.113. The van der Waals surface area contributed by atoms with Gasteiger partial charge in [0, 0.05) is 5.56 Å². The molecule has 1 amide bonds. The van der Waals surface area contributed by atoms with Gasteiger partial charge in [-0.2, -0.15) is 0 Å². The van der Waals surface area contributed by atoms with Crippen LogP contribution in [0.5, 0.6) is 17.2 Å². The van der Waals surface area contributed by atoms with Gasteiger partial charge in [0.1, 0.15) is 5.75 Å². The summed E-state index contributed by atoms with van der Waals surface area (Å²) >= 11 is 1.33. The molecule has 8 nitrogen and oxygen atoms in total. The predicted molar refractivity (Wildman–Crippen MR) is 134 cm³/mol. The molecule has 0 radical (unpaired) electrons. The van der Waals surface area contributed by atoms with Gasteiger partial charge in [0.05, 0.1) is 25.1 Å². The number of thioether (sulfide) groups is 1. The fourth-order valence-corrected chi connectivity index (χ4v) is 4.53. The van der Waals surface area contributed by atoms with Gasteiger partial charge in [0.15, 0.2) is 22.5 Å². The minimum Gasteiger partial charge on any atom is -0.495 e. The molecule has 0 fully saturated rings. The molecule has 0 saturated carbocycles. The highest BCUT2D eigenvalue weighted by Crippen LogP contribution is 2.34. The van der Waals surface area contributed by atoms with E-state index in [1.54, 1.807) is 7.11 Å². The van der Waals surface area contributed by atoms with Gasteiger partial charge in [-0.15, -0.1) is 10.2 Å². The Balaban J connectivity index is 1.37. The van der Waals surface area contributed by atoms with Gasteiger partial charge in [-0.05, 0) is 42.3 Å². The second-order valence-corrected chi connectivity index (χ2v) is 8.93. The number of anilines is 1. The van der Waals surface area contributed by atoms with Crippen molar-refractivity contribution in [3.63, 3.8) is 0 Å². The number of nitrogens with one attached hydrogen (secondary N) is 1. The van der Waals surface area contributed by atoms with Crippen LogP contribution in [0.15, 0.2) is 71.9 Å². The lowest BCUT2D eigenvalue weighted by Crippen LogP contribution is -2.15. The molecule has 3 aromatic carbocycles. The standard InChI is InChI=1S/C26H24N4O4S/c1-17-8-10-21(32-2)20(12-17)27-24(31)15-35-26-29-28-25(19-6-4-3-5-7-19)30(26)14-18-9-11-22-23(13-18)34-16-33-22/h3-13H,14-16H2,1-2H3,(H,27,31). The number of rotatable bonds is 8. The van der Waals surface area contributed by atoms with Crippen LogP contribution < -0.4 is 19.5 Å². The molecule has 0 aliphatic carbocycles. The maximum Gasteiger partial charge on any atom is 0.234 e. The van der Waals surface area contributed by atoms with Crippen molar-refractivity contribution >= 4 is 23.4 Å². The Kier molecular flexibility index (Phi) is 6.58. The normalized spacial score (nSPS) is 11.9. The van der Waals surface area contributed by atoms with Gasteiger partial charge in [-0.3, -0.25) is 9.36 Å². The first kappa shape index (κ1) is 22.8. The first-order chi connectivity index (χ1) is 17.1. The highest BCUT2D eigenvalue weighted by Gasteiger charge is 2.19. The summed E-state index contributed by atoms with van der Waals surface area (Å²) in [5.41, 5.74) is 3.64. The molecule has 0 bridgehead atoms. The number of ether oxygens (including phenoxy) is 3. The van der Waals surface area contributed by atoms with Crippen LogP contribution in [0, 0.1) is 6.92 Å². The Morgan fingerprint density at radius 3 is 2.71 bits per heavy atom. The van der Waals surface area contributed by atoms with E-state index >= 15 is 0 Å². The van der Waals surface area contributed by atoms with E-state index in [0.29, 0.717) is 23.1 Å². The van der Waals surface area contributed by atoms with Crippen LogP contribution in [0.25, 0.3) is 11.4 Å². The molecule has 1 aromatic heterocycles. The molecule has 0 spiro atoms. The molecule has 0 saturated heterocycles. The van der Waals surface area contributed by atoms with E-state index in [0.717, 1.165) is 34.0 Å². The van der Waals surface area contributed by atoms with Crippen LogP contribution >= 0.6 is 11.8 Å². The third kappa shape index (κ3) is 5.09. The zero-order valence-corrected chi connectivity index (χ0v) is 20.2. The average molecular weight is 489 g/mol. The highest BCUT2D eigenvalue weighted by molar-refractivity contribution is 7.99. The number of amides is 1. The molecule has 5 rings (SSSR count). The summed E-state index contributed by atoms with van der Waals surface area (Å²) < 4.78 is 18.3. The minimum atomic E-state index is -0.155. The minimum absolute atomic E-state index is 0.155. The number of fused-ring (bicyclic) bond motifs is 1. The van der Waals surface area contributed by atoms with Crippen molar-refractivity contribution in [2.75, 3.05) is 25.0 Å². The van der Waals surface area contributed by atoms with Crippen LogP contribution in [0.1, 0.15) is 11.1 Å². The van der Waals surface area contributed by atoms with Crippen molar-refractivity contribution in [2.24, 2.45) is 0 Å². The fraction of sp³-hybridized carbons (Fsp3) is 0.192. The van der Waals surface area contributed by atoms with E-state index in [2.05, 4.69) is 15.5 Å². The monoisotopic (exact) mass is 488 g/mol. The molecule has 0 unspecified atom stereocenters. The van der Waals surface area contributed by atoms with E-state index in [1.807, 2.05) is 78.2 Å². The second kappa shape index (κ2) is 10.1. The van der Waals surface area contributed by atoms with E-state index < -0.39 is 0 Å². The third-order valence-electron chi connectivity index (χ3n) is 5.49. The van der Waals surface area contributed by atoms with Gasteiger partial charge >= 0.3 is 0 Å². The molecule has 9 heteroatoms. The number of aryl methyl sites for hydroxylation is 1. The lowest BCUT2D eigenvalue weighted by atomic mass is 10.2. The third-order valence-corrected chi connectivity index (χ3v) is 6.45. The summed E-state index contributed by atoms with van der Waals surface area (Å²) in [6, 6.07) is 21.4. The number of methoxy groups -OCH3 is 1. The molecule has 1 aliphatic heterocycles. The largest absolute Gasteiger partial charge is 0.495 e. The number of benzene rings is 3. The first-order valence-electron chi connectivity index (χ1n) is 11.0. The van der Waals surface area contributed by atoms with Crippen molar-refractivity contribution < 1.29 is 19.0 Å². The zero-order valence-electron chi connectivity index (χ0n) is 19.4. The van der Waals surface area contributed by atoms with Crippen molar-refractivity contribution in [2.45, 2.75) is 18.6 Å². The maximum atomic E-state index is 12.8. The summed E-state index contributed by atoms with van der Waals surface area (Å²) in [4.78, 5) is 12.8. The molecule has 0 atom stereocenters. The van der Waals surface area contributed by atoms with Gasteiger partial charge in [-0.1, -0.05) is 54.2 Å². The van der Waals surface area contributed by atoms with E-state index in [-0.39, 0.29) is 18.5 Å². The quantitative estimate of drug-likeness (QED) is 0.358. The number of carbonyl (C=O) groups excluding carboxylic acids is 1. The number of carbonyl (C=O) groups is 1. The summed E-state index contributed by atoms with van der Waals surface area (Å²) in [6.45, 7) is 2.71. The number of aromatic nitrogens is 3. The Morgan fingerprint density at radius 2 is 1.89 bits per heavy atom. The smallest absolute Gasteiger partial charge is 0.234 e. The van der Waals surface area contributed by atoms with Crippen LogP contribution in [0.4, 0.5) is 5.69 Å². The summed E-state index contributed by atoms with van der Waals surface area (Å²) in [6.07, 6.45) is 0. The number of hydrogen-bond donors (Lipinski definition) is 1. The molecular formula is C26H24N4O4S. The Hall–Kier alpha value is -3.98. The second-order valence-electron chi connectivity index (χ2n) is 7.99. The first-order valence-corrected chi connectivity index (χ1v) is 12.0. The Bertz CT molecular complexity index is 1360. The van der Waals surface area contributed by atoms with E-state index in [9.17, 15) is 4.79 Å². The maximum absolute atomic E-state index is 12.8. The van der Waals surface area contributed by atoms with Crippen LogP contribution in [0.3, 0.4) is 0 Å². The zero-order chi connectivity index (χ0) is 24.2. The average Bonchev–Trinajstić information content (AvgIpc) is 3.50. The van der Waals surface area contributed by atoms with Gasteiger partial charge in [-0.25, -0.2) is 0 Å². The SMILES string of the molecule is COc1ccc(C)cc1NC(=O)CSc1nnc(-c2ccccc2)n1Cc1ccc2c(c1)OCO2. The number of nitrogens with zero attached hydrogens (tertiary/aromatic N) is 3. The number of hydrogen-bond acceptors (Lipinski definition) is 7. The van der Waals surface area contributed by atoms with E-state index in [4.69, 9.17) is 14.2 Å². The predicted octanol–water partition coefficient (Wildman–Crippen LogP) is 4.77. The summed E-state index contributed by atoms with van der Waals surface area (Å²) in [5.74, 6) is 2.82. The van der Waals surface area contributed by atoms with Crippen LogP contribution in [-0.4, -0.2) is 40.3 Å². The molecule has 2 heterocycles. The van der Waals surface area contributed by atoms with Crippen molar-refractivity contribution in [3.05, 3.63) is 77.9 Å². The van der Waals surface area contributed by atoms with Gasteiger partial charge in [0.25, 0.3) is 0 Å². The molecule has 178 valence electrons. The van der Waals surface area contributed by atoms with Crippen LogP contribution in [0.2, 0.25) is 0 Å². The topological polar surface area (TPSA) is 87.5 Å². The van der Waals surface area contributed by atoms with Crippen molar-refractivity contribution in [3.8, 4) is 28.6 Å². The Labute approximate surface area is 207 Å². The lowest BCUT2D eigenvalue weighted by Gasteiger charge is -2.12. The highest BCUT2D eigenvalue weighted by atomic mass is 32.2. The fourth-order valence-electron chi connectivity index (χ4n) is 3.80. The summed E-state index contributed by atoms with van der Waals surface area (Å²) in [7, 11) is 1.58. The molecular weight excluding hydrogens is 464 g/mol. The Morgan fingerprint density at radius 1 is 1.06 bits per heavy atom. The molecule has 1 aliphatic rings. The van der Waals surface area contributed by atoms with Crippen molar-refractivity contribution in [1.29, 1.82) is 0 Å². The summed E-state index contributed by atoms with van der Waals surface area (Å²) in [5, 5.41) is 12.4. The molecule has 4 aromatic rings. The van der Waals surface area contributed by atoms with Gasteiger partial charge < -0.3 is 19.5 Å². The van der Waals surface area contributed by atoms with E-state index in [1.165, 1.54) is 11.8 Å². The molecule has 35 heavy (non-hydrogen) atoms. The van der Waals surface area contributed by atoms with Crippen molar-refractivity contribution in [1.82, 2.24) is 14.8 Å².